The molecule has 0 heterocycles. The predicted octanol–water partition coefficient (Wildman–Crippen LogP) is 2.40. The van der Waals surface area contributed by atoms with Gasteiger partial charge in [-0.25, -0.2) is 0 Å². The summed E-state index contributed by atoms with van der Waals surface area (Å²) in [5.74, 6) is 0.100. The minimum atomic E-state index is 0.100. The van der Waals surface area contributed by atoms with Crippen molar-refractivity contribution in [2.75, 3.05) is 18.8 Å². The van der Waals surface area contributed by atoms with E-state index in [4.69, 9.17) is 5.73 Å². The van der Waals surface area contributed by atoms with Gasteiger partial charge in [-0.15, -0.1) is 0 Å². The minimum Gasteiger partial charge on any atom is -0.399 e. The Morgan fingerprint density at radius 1 is 1.30 bits per heavy atom. The second kappa shape index (κ2) is 8.59. The Kier molecular flexibility index (Phi) is 7.09. The Morgan fingerprint density at radius 2 is 1.95 bits per heavy atom. The fraction of sp³-hybridized carbons (Fsp3) is 0.562. The van der Waals surface area contributed by atoms with E-state index in [1.54, 1.807) is 0 Å². The number of rotatable bonds is 8. The largest absolute Gasteiger partial charge is 0.399 e. The van der Waals surface area contributed by atoms with Crippen molar-refractivity contribution in [2.24, 2.45) is 0 Å². The summed E-state index contributed by atoms with van der Waals surface area (Å²) in [4.78, 5) is 14.1. The highest BCUT2D eigenvalue weighted by molar-refractivity contribution is 5.78. The zero-order chi connectivity index (χ0) is 15.0. The van der Waals surface area contributed by atoms with Gasteiger partial charge in [0, 0.05) is 18.3 Å². The molecular weight excluding hydrogens is 250 g/mol. The molecule has 0 bridgehead atoms. The van der Waals surface area contributed by atoms with Crippen LogP contribution in [0.5, 0.6) is 0 Å². The van der Waals surface area contributed by atoms with Crippen molar-refractivity contribution in [1.82, 2.24) is 10.2 Å². The number of hydrogen-bond acceptors (Lipinski definition) is 3. The first kappa shape index (κ1) is 16.5. The van der Waals surface area contributed by atoms with Crippen LogP contribution in [-0.4, -0.2) is 29.9 Å². The average molecular weight is 277 g/mol. The van der Waals surface area contributed by atoms with Crippen LogP contribution in [0.2, 0.25) is 0 Å². The van der Waals surface area contributed by atoms with Gasteiger partial charge < -0.3 is 11.1 Å². The lowest BCUT2D eigenvalue weighted by molar-refractivity contribution is -0.123. The van der Waals surface area contributed by atoms with E-state index in [9.17, 15) is 4.79 Å². The number of nitrogens with zero attached hydrogens (tertiary/aromatic N) is 1. The van der Waals surface area contributed by atoms with Gasteiger partial charge in [-0.1, -0.05) is 26.0 Å². The summed E-state index contributed by atoms with van der Waals surface area (Å²) >= 11 is 0. The van der Waals surface area contributed by atoms with Crippen LogP contribution in [0, 0.1) is 0 Å². The first-order valence-corrected chi connectivity index (χ1v) is 7.41. The van der Waals surface area contributed by atoms with Gasteiger partial charge in [-0.05, 0) is 44.0 Å². The van der Waals surface area contributed by atoms with Crippen molar-refractivity contribution in [2.45, 2.75) is 46.2 Å². The van der Waals surface area contributed by atoms with Gasteiger partial charge in [0.05, 0.1) is 6.54 Å². The molecule has 4 nitrogen and oxygen atoms in total. The molecular formula is C16H27N3O. The summed E-state index contributed by atoms with van der Waals surface area (Å²) < 4.78 is 0. The van der Waals surface area contributed by atoms with Gasteiger partial charge in [-0.2, -0.15) is 0 Å². The third-order valence-electron chi connectivity index (χ3n) is 3.31. The monoisotopic (exact) mass is 277 g/mol. The zero-order valence-corrected chi connectivity index (χ0v) is 12.9. The van der Waals surface area contributed by atoms with Crippen LogP contribution in [0.1, 0.15) is 39.2 Å². The number of nitrogens with one attached hydrogen (secondary N) is 1. The highest BCUT2D eigenvalue weighted by atomic mass is 16.2. The number of nitrogens with two attached hydrogens (primary N) is 1. The van der Waals surface area contributed by atoms with Crippen molar-refractivity contribution < 1.29 is 4.79 Å². The van der Waals surface area contributed by atoms with E-state index in [0.717, 1.165) is 31.6 Å². The molecule has 1 rings (SSSR count). The van der Waals surface area contributed by atoms with E-state index >= 15 is 0 Å². The number of anilines is 1. The van der Waals surface area contributed by atoms with Crippen LogP contribution in [-0.2, 0) is 11.3 Å². The second-order valence-corrected chi connectivity index (χ2v) is 5.33. The van der Waals surface area contributed by atoms with Gasteiger partial charge in [0.25, 0.3) is 0 Å². The fourth-order valence-electron chi connectivity index (χ4n) is 2.04. The third kappa shape index (κ3) is 6.06. The number of amides is 1. The van der Waals surface area contributed by atoms with E-state index in [0.29, 0.717) is 6.54 Å². The summed E-state index contributed by atoms with van der Waals surface area (Å²) in [7, 11) is 0. The smallest absolute Gasteiger partial charge is 0.234 e. The van der Waals surface area contributed by atoms with Gasteiger partial charge in [0.2, 0.25) is 5.91 Å². The maximum absolute atomic E-state index is 12.0. The average Bonchev–Trinajstić information content (AvgIpc) is 2.41. The summed E-state index contributed by atoms with van der Waals surface area (Å²) in [5, 5.41) is 3.01. The van der Waals surface area contributed by atoms with Crippen LogP contribution in [0.3, 0.4) is 0 Å². The normalized spacial score (nSPS) is 12.4. The maximum atomic E-state index is 12.0. The molecule has 112 valence electrons. The van der Waals surface area contributed by atoms with Gasteiger partial charge >= 0.3 is 0 Å². The molecule has 0 aliphatic heterocycles. The lowest BCUT2D eigenvalue weighted by Crippen LogP contribution is -2.40. The summed E-state index contributed by atoms with van der Waals surface area (Å²) in [6.07, 6.45) is 1.99. The van der Waals surface area contributed by atoms with Crippen LogP contribution in [0.15, 0.2) is 24.3 Å². The van der Waals surface area contributed by atoms with E-state index in [-0.39, 0.29) is 11.9 Å². The van der Waals surface area contributed by atoms with Crippen molar-refractivity contribution in [1.29, 1.82) is 0 Å². The lowest BCUT2D eigenvalue weighted by Gasteiger charge is -2.22. The van der Waals surface area contributed by atoms with E-state index in [2.05, 4.69) is 24.1 Å². The molecule has 4 heteroatoms. The van der Waals surface area contributed by atoms with E-state index < -0.39 is 0 Å². The molecule has 0 aliphatic carbocycles. The second-order valence-electron chi connectivity index (χ2n) is 5.33. The Labute approximate surface area is 122 Å². The Hall–Kier alpha value is -1.55. The first-order valence-electron chi connectivity index (χ1n) is 7.41. The molecule has 0 saturated heterocycles. The third-order valence-corrected chi connectivity index (χ3v) is 3.31. The highest BCUT2D eigenvalue weighted by Crippen LogP contribution is 2.09. The topological polar surface area (TPSA) is 58.4 Å². The van der Waals surface area contributed by atoms with Crippen molar-refractivity contribution in [3.8, 4) is 0 Å². The molecule has 1 aromatic rings. The number of carbonyl (C=O) groups excluding carboxylic acids is 1. The van der Waals surface area contributed by atoms with E-state index in [1.807, 2.05) is 31.2 Å². The van der Waals surface area contributed by atoms with Crippen molar-refractivity contribution >= 4 is 11.6 Å². The van der Waals surface area contributed by atoms with Crippen LogP contribution >= 0.6 is 0 Å². The van der Waals surface area contributed by atoms with Crippen LogP contribution in [0.25, 0.3) is 0 Å². The summed E-state index contributed by atoms with van der Waals surface area (Å²) in [6.45, 7) is 8.37. The van der Waals surface area contributed by atoms with Gasteiger partial charge in [0.1, 0.15) is 0 Å². The number of hydrogen-bond donors (Lipinski definition) is 2. The molecule has 20 heavy (non-hydrogen) atoms. The van der Waals surface area contributed by atoms with Gasteiger partial charge in [0.15, 0.2) is 0 Å². The highest BCUT2D eigenvalue weighted by Gasteiger charge is 2.12. The van der Waals surface area contributed by atoms with Crippen molar-refractivity contribution in [3.63, 3.8) is 0 Å². The number of nitrogen functional groups attached to an aromatic ring is 1. The minimum absolute atomic E-state index is 0.100. The molecule has 0 radical (unpaired) electrons. The van der Waals surface area contributed by atoms with Crippen molar-refractivity contribution in [3.05, 3.63) is 29.8 Å². The molecule has 1 atom stereocenters. The molecule has 0 spiro atoms. The van der Waals surface area contributed by atoms with Crippen LogP contribution < -0.4 is 11.1 Å². The SMILES string of the molecule is CCCN(CC(=O)NC(C)CC)Cc1ccc(N)cc1. The fourth-order valence-corrected chi connectivity index (χ4v) is 2.04. The zero-order valence-electron chi connectivity index (χ0n) is 12.9. The molecule has 1 amide bonds. The Balaban J connectivity index is 2.55. The number of benzene rings is 1. The summed E-state index contributed by atoms with van der Waals surface area (Å²) in [6, 6.07) is 8.08. The molecule has 0 saturated carbocycles. The molecule has 3 N–H and O–H groups in total. The first-order chi connectivity index (χ1) is 9.55. The molecule has 0 fully saturated rings. The van der Waals surface area contributed by atoms with Gasteiger partial charge in [-0.3, -0.25) is 9.69 Å². The molecule has 0 aliphatic rings. The molecule has 1 unspecified atom stereocenters. The quantitative estimate of drug-likeness (QED) is 0.717. The molecule has 0 aromatic heterocycles. The Morgan fingerprint density at radius 3 is 2.50 bits per heavy atom. The standard InChI is InChI=1S/C16H27N3O/c1-4-10-19(12-16(20)18-13(3)5-2)11-14-6-8-15(17)9-7-14/h6-9,13H,4-5,10-12,17H2,1-3H3,(H,18,20). The van der Waals surface area contributed by atoms with E-state index in [1.165, 1.54) is 5.56 Å². The van der Waals surface area contributed by atoms with Crippen LogP contribution in [0.4, 0.5) is 5.69 Å². The molecule has 1 aromatic carbocycles. The maximum Gasteiger partial charge on any atom is 0.234 e. The Bertz CT molecular complexity index is 403. The summed E-state index contributed by atoms with van der Waals surface area (Å²) in [5.41, 5.74) is 7.64. The number of carbonyl (C=O) groups is 1. The lowest BCUT2D eigenvalue weighted by atomic mass is 10.2. The predicted molar refractivity (Wildman–Crippen MR) is 84.3 cm³/mol.